The van der Waals surface area contributed by atoms with Gasteiger partial charge in [0.25, 0.3) is 0 Å². The van der Waals surface area contributed by atoms with Crippen LogP contribution in [0.2, 0.25) is 0 Å². The van der Waals surface area contributed by atoms with Crippen LogP contribution in [0, 0.1) is 0 Å². The molecule has 1 atom stereocenters. The third-order valence-electron chi connectivity index (χ3n) is 6.74. The van der Waals surface area contributed by atoms with Crippen LogP contribution in [-0.2, 0) is 11.3 Å². The van der Waals surface area contributed by atoms with E-state index in [1.165, 1.54) is 0 Å². The van der Waals surface area contributed by atoms with E-state index in [1.54, 1.807) is 7.11 Å². The molecule has 1 amide bonds. The van der Waals surface area contributed by atoms with E-state index >= 15 is 0 Å². The highest BCUT2D eigenvalue weighted by atomic mass is 16.5. The second-order valence-corrected chi connectivity index (χ2v) is 9.17. The van der Waals surface area contributed by atoms with Gasteiger partial charge in [-0.15, -0.1) is 0 Å². The van der Waals surface area contributed by atoms with Crippen molar-refractivity contribution in [2.75, 3.05) is 31.8 Å². The maximum absolute atomic E-state index is 13.0. The van der Waals surface area contributed by atoms with Gasteiger partial charge in [-0.05, 0) is 80.4 Å². The number of unbranched alkanes of at least 4 members (excludes halogenated alkanes) is 1. The summed E-state index contributed by atoms with van der Waals surface area (Å²) in [6.07, 6.45) is 2.32. The number of imidazole rings is 1. The molecule has 0 bridgehead atoms. The number of para-hydroxylation sites is 2. The average Bonchev–Trinajstić information content (AvgIpc) is 3.50. The Kier molecular flexibility index (Phi) is 7.59. The molecule has 7 heteroatoms. The predicted octanol–water partition coefficient (Wildman–Crippen LogP) is 5.82. The number of benzene rings is 3. The molecular formula is C30H33N3O4. The highest BCUT2D eigenvalue weighted by Crippen LogP contribution is 2.34. The molecule has 37 heavy (non-hydrogen) atoms. The fourth-order valence-corrected chi connectivity index (χ4v) is 4.89. The van der Waals surface area contributed by atoms with Crippen LogP contribution >= 0.6 is 0 Å². The van der Waals surface area contributed by atoms with Crippen molar-refractivity contribution < 1.29 is 19.0 Å². The molecule has 0 spiro atoms. The van der Waals surface area contributed by atoms with E-state index in [1.807, 2.05) is 78.6 Å². The summed E-state index contributed by atoms with van der Waals surface area (Å²) >= 11 is 0. The first-order valence-electron chi connectivity index (χ1n) is 12.9. The summed E-state index contributed by atoms with van der Waals surface area (Å²) in [7, 11) is 1.66. The van der Waals surface area contributed by atoms with Gasteiger partial charge in [-0.2, -0.15) is 0 Å². The molecule has 3 aromatic carbocycles. The van der Waals surface area contributed by atoms with Crippen LogP contribution in [0.25, 0.3) is 11.0 Å². The number of rotatable bonds is 11. The van der Waals surface area contributed by atoms with Gasteiger partial charge >= 0.3 is 0 Å². The third kappa shape index (κ3) is 5.56. The first-order chi connectivity index (χ1) is 18.2. The molecule has 0 N–H and O–H groups in total. The Labute approximate surface area is 217 Å². The Bertz CT molecular complexity index is 1330. The Morgan fingerprint density at radius 3 is 2.35 bits per heavy atom. The van der Waals surface area contributed by atoms with Gasteiger partial charge in [-0.1, -0.05) is 12.1 Å². The van der Waals surface area contributed by atoms with Crippen LogP contribution in [0.3, 0.4) is 0 Å². The van der Waals surface area contributed by atoms with Crippen molar-refractivity contribution in [1.82, 2.24) is 9.55 Å². The topological polar surface area (TPSA) is 65.8 Å². The number of carbonyl (C=O) groups excluding carboxylic acids is 1. The van der Waals surface area contributed by atoms with Gasteiger partial charge in [0, 0.05) is 31.1 Å². The monoisotopic (exact) mass is 499 g/mol. The van der Waals surface area contributed by atoms with Crippen molar-refractivity contribution in [3.63, 3.8) is 0 Å². The first-order valence-corrected chi connectivity index (χ1v) is 12.9. The number of anilines is 1. The summed E-state index contributed by atoms with van der Waals surface area (Å²) < 4.78 is 18.9. The molecule has 1 aliphatic rings. The van der Waals surface area contributed by atoms with E-state index in [0.29, 0.717) is 26.2 Å². The minimum atomic E-state index is 0.0435. The molecule has 5 rings (SSSR count). The number of ether oxygens (including phenoxy) is 3. The van der Waals surface area contributed by atoms with Crippen molar-refractivity contribution in [2.45, 2.75) is 38.6 Å². The summed E-state index contributed by atoms with van der Waals surface area (Å²) in [4.78, 5) is 19.9. The number of aromatic nitrogens is 2. The van der Waals surface area contributed by atoms with Crippen molar-refractivity contribution in [1.29, 1.82) is 0 Å². The predicted molar refractivity (Wildman–Crippen MR) is 145 cm³/mol. The van der Waals surface area contributed by atoms with Gasteiger partial charge in [0.2, 0.25) is 5.91 Å². The third-order valence-corrected chi connectivity index (χ3v) is 6.74. The highest BCUT2D eigenvalue weighted by molar-refractivity contribution is 5.96. The van der Waals surface area contributed by atoms with Crippen LogP contribution in [0.1, 0.15) is 37.9 Å². The molecule has 192 valence electrons. The average molecular weight is 500 g/mol. The van der Waals surface area contributed by atoms with Gasteiger partial charge in [-0.3, -0.25) is 4.79 Å². The minimum Gasteiger partial charge on any atom is -0.497 e. The molecule has 1 aromatic heterocycles. The van der Waals surface area contributed by atoms with E-state index in [2.05, 4.69) is 10.6 Å². The van der Waals surface area contributed by atoms with Crippen molar-refractivity contribution in [2.24, 2.45) is 0 Å². The zero-order valence-corrected chi connectivity index (χ0v) is 21.4. The van der Waals surface area contributed by atoms with Gasteiger partial charge in [0.1, 0.15) is 23.1 Å². The van der Waals surface area contributed by atoms with Crippen molar-refractivity contribution in [3.8, 4) is 17.2 Å². The fraction of sp³-hybridized carbons (Fsp3) is 0.333. The quantitative estimate of drug-likeness (QED) is 0.243. The van der Waals surface area contributed by atoms with E-state index in [-0.39, 0.29) is 11.8 Å². The summed E-state index contributed by atoms with van der Waals surface area (Å²) in [6.45, 7) is 4.67. The number of amides is 1. The fourth-order valence-electron chi connectivity index (χ4n) is 4.89. The molecule has 0 saturated carbocycles. The first kappa shape index (κ1) is 24.7. The summed E-state index contributed by atoms with van der Waals surface area (Å²) in [5, 5.41) is 0. The van der Waals surface area contributed by atoms with Crippen LogP contribution in [-0.4, -0.2) is 42.3 Å². The van der Waals surface area contributed by atoms with Crippen LogP contribution in [0.5, 0.6) is 17.2 Å². The number of carbonyl (C=O) groups is 1. The van der Waals surface area contributed by atoms with Crippen molar-refractivity contribution >= 4 is 22.6 Å². The van der Waals surface area contributed by atoms with Gasteiger partial charge in [0.15, 0.2) is 0 Å². The Hall–Kier alpha value is -4.00. The number of fused-ring (bicyclic) bond motifs is 1. The molecule has 0 unspecified atom stereocenters. The SMILES string of the molecule is CCOc1ccc(N2C[C@@H](c3nc4ccccc4n3CCCCOc3ccc(OC)cc3)CC2=O)cc1. The van der Waals surface area contributed by atoms with Gasteiger partial charge < -0.3 is 23.7 Å². The molecule has 0 radical (unpaired) electrons. The number of methoxy groups -OCH3 is 1. The van der Waals surface area contributed by atoms with E-state index in [4.69, 9.17) is 19.2 Å². The lowest BCUT2D eigenvalue weighted by Crippen LogP contribution is -2.24. The molecule has 1 aliphatic heterocycles. The summed E-state index contributed by atoms with van der Waals surface area (Å²) in [5.41, 5.74) is 2.98. The standard InChI is InChI=1S/C30H33N3O4/c1-3-36-25-12-10-23(11-13-25)33-21-22(20-29(33)34)30-31-27-8-4-5-9-28(27)32(30)18-6-7-19-37-26-16-14-24(35-2)15-17-26/h4-5,8-17,22H,3,6-7,18-21H2,1-2H3/t22-/m0/s1. The van der Waals surface area contributed by atoms with Crippen molar-refractivity contribution in [3.05, 3.63) is 78.6 Å². The lowest BCUT2D eigenvalue weighted by molar-refractivity contribution is -0.117. The molecule has 2 heterocycles. The van der Waals surface area contributed by atoms with Crippen LogP contribution in [0.4, 0.5) is 5.69 Å². The molecule has 1 saturated heterocycles. The summed E-state index contributed by atoms with van der Waals surface area (Å²) in [5.74, 6) is 3.63. The van der Waals surface area contributed by atoms with Gasteiger partial charge in [-0.25, -0.2) is 4.98 Å². The zero-order chi connectivity index (χ0) is 25.6. The molecule has 4 aromatic rings. The number of aryl methyl sites for hydroxylation is 1. The number of hydrogen-bond donors (Lipinski definition) is 0. The highest BCUT2D eigenvalue weighted by Gasteiger charge is 2.34. The molecule has 7 nitrogen and oxygen atoms in total. The second kappa shape index (κ2) is 11.4. The van der Waals surface area contributed by atoms with Crippen LogP contribution in [0.15, 0.2) is 72.8 Å². The van der Waals surface area contributed by atoms with Gasteiger partial charge in [0.05, 0.1) is 31.4 Å². The molecule has 1 fully saturated rings. The second-order valence-electron chi connectivity index (χ2n) is 9.17. The Balaban J connectivity index is 1.25. The van der Waals surface area contributed by atoms with E-state index in [0.717, 1.165) is 59.2 Å². The maximum Gasteiger partial charge on any atom is 0.227 e. The lowest BCUT2D eigenvalue weighted by Gasteiger charge is -2.18. The van der Waals surface area contributed by atoms with Crippen LogP contribution < -0.4 is 19.1 Å². The number of nitrogens with zero attached hydrogens (tertiary/aromatic N) is 3. The van der Waals surface area contributed by atoms with E-state index in [9.17, 15) is 4.79 Å². The normalized spacial score (nSPS) is 15.4. The lowest BCUT2D eigenvalue weighted by atomic mass is 10.1. The summed E-state index contributed by atoms with van der Waals surface area (Å²) in [6, 6.07) is 23.6. The maximum atomic E-state index is 13.0. The van der Waals surface area contributed by atoms with E-state index < -0.39 is 0 Å². The molecular weight excluding hydrogens is 466 g/mol. The Morgan fingerprint density at radius 2 is 1.59 bits per heavy atom. The minimum absolute atomic E-state index is 0.0435. The Morgan fingerprint density at radius 1 is 0.892 bits per heavy atom. The largest absolute Gasteiger partial charge is 0.497 e. The zero-order valence-electron chi connectivity index (χ0n) is 21.4. The number of hydrogen-bond acceptors (Lipinski definition) is 5. The smallest absolute Gasteiger partial charge is 0.227 e. The molecule has 0 aliphatic carbocycles.